The molecule has 170 valence electrons. The van der Waals surface area contributed by atoms with Crippen LogP contribution in [-0.4, -0.2) is 42.5 Å². The van der Waals surface area contributed by atoms with Crippen molar-refractivity contribution in [3.8, 4) is 17.1 Å². The zero-order chi connectivity index (χ0) is 23.4. The maximum absolute atomic E-state index is 12.9. The molecular weight excluding hydrogens is 432 g/mol. The molecule has 0 bridgehead atoms. The smallest absolute Gasteiger partial charge is 0.332 e. The highest BCUT2D eigenvalue weighted by Gasteiger charge is 2.22. The highest BCUT2D eigenvalue weighted by atomic mass is 32.2. The second-order valence-electron chi connectivity index (χ2n) is 7.05. The molecule has 0 fully saturated rings. The molecule has 2 N–H and O–H groups in total. The van der Waals surface area contributed by atoms with E-state index in [1.807, 2.05) is 42.7 Å². The fourth-order valence-electron chi connectivity index (χ4n) is 3.32. The van der Waals surface area contributed by atoms with Crippen molar-refractivity contribution in [2.75, 3.05) is 18.6 Å². The van der Waals surface area contributed by atoms with Gasteiger partial charge in [0.15, 0.2) is 16.8 Å². The van der Waals surface area contributed by atoms with E-state index in [1.165, 1.54) is 23.4 Å². The Kier molecular flexibility index (Phi) is 7.18. The third-order valence-corrected chi connectivity index (χ3v) is 5.99. The number of ketones is 1. The van der Waals surface area contributed by atoms with Gasteiger partial charge >= 0.3 is 5.69 Å². The number of benzene rings is 1. The zero-order valence-corrected chi connectivity index (χ0v) is 19.3. The fourth-order valence-corrected chi connectivity index (χ4v) is 4.20. The van der Waals surface area contributed by atoms with E-state index in [1.54, 1.807) is 7.11 Å². The summed E-state index contributed by atoms with van der Waals surface area (Å²) in [6, 6.07) is 7.44. The number of hydrogen-bond acceptors (Lipinski definition) is 8. The number of rotatable bonds is 9. The van der Waals surface area contributed by atoms with Crippen LogP contribution in [0.3, 0.4) is 0 Å². The highest BCUT2D eigenvalue weighted by molar-refractivity contribution is 7.99. The van der Waals surface area contributed by atoms with Gasteiger partial charge in [0.1, 0.15) is 17.1 Å². The van der Waals surface area contributed by atoms with Crippen LogP contribution < -0.4 is 21.7 Å². The molecule has 0 saturated carbocycles. The van der Waals surface area contributed by atoms with Crippen molar-refractivity contribution < 1.29 is 9.53 Å². The van der Waals surface area contributed by atoms with Gasteiger partial charge in [0.2, 0.25) is 0 Å². The second kappa shape index (κ2) is 9.86. The van der Waals surface area contributed by atoms with Crippen molar-refractivity contribution in [3.63, 3.8) is 0 Å². The number of aromatic nitrogens is 5. The molecule has 3 aromatic rings. The number of nitrogens with zero attached hydrogens (tertiary/aromatic N) is 5. The molecule has 0 atom stereocenters. The molecule has 0 aliphatic heterocycles. The molecule has 3 rings (SSSR count). The summed E-state index contributed by atoms with van der Waals surface area (Å²) in [5, 5.41) is 9.03. The van der Waals surface area contributed by atoms with E-state index in [4.69, 9.17) is 10.5 Å². The third-order valence-electron chi connectivity index (χ3n) is 5.02. The van der Waals surface area contributed by atoms with Crippen molar-refractivity contribution in [2.24, 2.45) is 7.05 Å². The lowest BCUT2D eigenvalue weighted by atomic mass is 10.2. The maximum atomic E-state index is 12.9. The van der Waals surface area contributed by atoms with Gasteiger partial charge in [0.05, 0.1) is 12.9 Å². The summed E-state index contributed by atoms with van der Waals surface area (Å²) in [6.45, 7) is 4.75. The summed E-state index contributed by atoms with van der Waals surface area (Å²) < 4.78 is 9.25. The Labute approximate surface area is 189 Å². The van der Waals surface area contributed by atoms with Crippen LogP contribution in [0.15, 0.2) is 39.0 Å². The molecule has 32 heavy (non-hydrogen) atoms. The van der Waals surface area contributed by atoms with Gasteiger partial charge in [-0.25, -0.2) is 4.79 Å². The maximum Gasteiger partial charge on any atom is 0.332 e. The molecule has 0 spiro atoms. The SMILES string of the molecule is CCCn1c(N)c(C(=O)CSc2nnc(-c3ccc(OC)cc3)n2CC)c(=O)n(C)c1=O. The van der Waals surface area contributed by atoms with Crippen LogP contribution in [0, 0.1) is 0 Å². The Morgan fingerprint density at radius 1 is 1.12 bits per heavy atom. The van der Waals surface area contributed by atoms with Crippen LogP contribution in [0.5, 0.6) is 5.75 Å². The minimum absolute atomic E-state index is 0.0650. The predicted octanol–water partition coefficient (Wildman–Crippen LogP) is 1.80. The first kappa shape index (κ1) is 23.3. The molecular formula is C21H26N6O4S. The Bertz CT molecular complexity index is 1240. The fraction of sp³-hybridized carbons (Fsp3) is 0.381. The monoisotopic (exact) mass is 458 g/mol. The number of methoxy groups -OCH3 is 1. The molecule has 2 heterocycles. The van der Waals surface area contributed by atoms with E-state index in [0.29, 0.717) is 30.5 Å². The number of thioether (sulfide) groups is 1. The van der Waals surface area contributed by atoms with E-state index in [9.17, 15) is 14.4 Å². The van der Waals surface area contributed by atoms with Crippen LogP contribution in [0.1, 0.15) is 30.6 Å². The molecule has 0 unspecified atom stereocenters. The van der Waals surface area contributed by atoms with E-state index < -0.39 is 17.0 Å². The molecule has 1 aromatic carbocycles. The summed E-state index contributed by atoms with van der Waals surface area (Å²) in [5.41, 5.74) is 5.51. The summed E-state index contributed by atoms with van der Waals surface area (Å²) in [4.78, 5) is 37.8. The normalized spacial score (nSPS) is 11.0. The number of carbonyl (C=O) groups excluding carboxylic acids is 1. The van der Waals surface area contributed by atoms with Gasteiger partial charge in [-0.1, -0.05) is 18.7 Å². The molecule has 11 heteroatoms. The van der Waals surface area contributed by atoms with E-state index >= 15 is 0 Å². The molecule has 0 saturated heterocycles. The summed E-state index contributed by atoms with van der Waals surface area (Å²) >= 11 is 1.17. The number of nitrogens with two attached hydrogens (primary N) is 1. The van der Waals surface area contributed by atoms with Crippen molar-refractivity contribution in [1.82, 2.24) is 23.9 Å². The van der Waals surface area contributed by atoms with Crippen LogP contribution in [0.2, 0.25) is 0 Å². The quantitative estimate of drug-likeness (QED) is 0.380. The third kappa shape index (κ3) is 4.33. The number of nitrogen functional groups attached to an aromatic ring is 1. The predicted molar refractivity (Wildman–Crippen MR) is 123 cm³/mol. The Balaban J connectivity index is 1.88. The first-order chi connectivity index (χ1) is 15.3. The summed E-state index contributed by atoms with van der Waals surface area (Å²) in [7, 11) is 2.94. The first-order valence-corrected chi connectivity index (χ1v) is 11.1. The Morgan fingerprint density at radius 2 is 1.81 bits per heavy atom. The summed E-state index contributed by atoms with van der Waals surface area (Å²) in [5.74, 6) is 0.776. The van der Waals surface area contributed by atoms with Crippen LogP contribution >= 0.6 is 11.8 Å². The lowest BCUT2D eigenvalue weighted by Gasteiger charge is -2.13. The molecule has 2 aromatic heterocycles. The lowest BCUT2D eigenvalue weighted by Crippen LogP contribution is -2.42. The van der Waals surface area contributed by atoms with E-state index in [2.05, 4.69) is 10.2 Å². The van der Waals surface area contributed by atoms with Gasteiger partial charge in [-0.3, -0.25) is 18.7 Å². The number of ether oxygens (including phenoxy) is 1. The van der Waals surface area contributed by atoms with Gasteiger partial charge in [-0.15, -0.1) is 10.2 Å². The number of Topliss-reactive ketones (excluding diaryl/α,β-unsaturated/α-hetero) is 1. The van der Waals surface area contributed by atoms with Crippen LogP contribution in [-0.2, 0) is 20.1 Å². The largest absolute Gasteiger partial charge is 0.497 e. The van der Waals surface area contributed by atoms with Gasteiger partial charge in [-0.05, 0) is 37.6 Å². The second-order valence-corrected chi connectivity index (χ2v) is 7.99. The van der Waals surface area contributed by atoms with E-state index in [0.717, 1.165) is 15.9 Å². The lowest BCUT2D eigenvalue weighted by molar-refractivity contribution is 0.102. The standard InChI is InChI=1S/C21H26N6O4S/c1-5-11-27-17(22)16(19(29)25(3)21(27)30)15(28)12-32-20-24-23-18(26(20)6-2)13-7-9-14(31-4)10-8-13/h7-10H,5-6,11-12,22H2,1-4H3. The van der Waals surface area contributed by atoms with Gasteiger partial charge in [0, 0.05) is 25.7 Å². The minimum atomic E-state index is -0.693. The first-order valence-electron chi connectivity index (χ1n) is 10.2. The average Bonchev–Trinajstić information content (AvgIpc) is 3.22. The van der Waals surface area contributed by atoms with Crippen LogP contribution in [0.4, 0.5) is 5.82 Å². The van der Waals surface area contributed by atoms with Crippen molar-refractivity contribution in [3.05, 3.63) is 50.7 Å². The number of anilines is 1. The minimum Gasteiger partial charge on any atom is -0.497 e. The number of hydrogen-bond donors (Lipinski definition) is 1. The molecule has 0 amide bonds. The highest BCUT2D eigenvalue weighted by Crippen LogP contribution is 2.26. The molecule has 10 nitrogen and oxygen atoms in total. The van der Waals surface area contributed by atoms with Gasteiger partial charge in [-0.2, -0.15) is 0 Å². The zero-order valence-electron chi connectivity index (χ0n) is 18.5. The van der Waals surface area contributed by atoms with Crippen LogP contribution in [0.25, 0.3) is 11.4 Å². The van der Waals surface area contributed by atoms with Crippen molar-refractivity contribution in [2.45, 2.75) is 38.5 Å². The Hall–Kier alpha value is -3.34. The molecule has 0 radical (unpaired) electrons. The number of carbonyl (C=O) groups is 1. The van der Waals surface area contributed by atoms with E-state index in [-0.39, 0.29) is 17.1 Å². The molecule has 0 aliphatic rings. The van der Waals surface area contributed by atoms with Crippen molar-refractivity contribution in [1.29, 1.82) is 0 Å². The average molecular weight is 459 g/mol. The Morgan fingerprint density at radius 3 is 2.41 bits per heavy atom. The van der Waals surface area contributed by atoms with Crippen molar-refractivity contribution >= 4 is 23.4 Å². The summed E-state index contributed by atoms with van der Waals surface area (Å²) in [6.07, 6.45) is 0.637. The van der Waals surface area contributed by atoms with Gasteiger partial charge < -0.3 is 15.0 Å². The topological polar surface area (TPSA) is 127 Å². The van der Waals surface area contributed by atoms with Gasteiger partial charge in [0.25, 0.3) is 5.56 Å². The molecule has 0 aliphatic carbocycles.